The first kappa shape index (κ1) is 18.0. The van der Waals surface area contributed by atoms with Crippen LogP contribution in [0.5, 0.6) is 0 Å². The Balaban J connectivity index is 2.25. The molecular formula is C16H26ClN3O. The van der Waals surface area contributed by atoms with Gasteiger partial charge in [0.25, 0.3) is 0 Å². The summed E-state index contributed by atoms with van der Waals surface area (Å²) in [6.07, 6.45) is 0.901. The van der Waals surface area contributed by atoms with Gasteiger partial charge in [0.15, 0.2) is 0 Å². The number of hydrogen-bond acceptors (Lipinski definition) is 3. The lowest BCUT2D eigenvalue weighted by Gasteiger charge is -2.20. The molecule has 0 saturated carbocycles. The van der Waals surface area contributed by atoms with Crippen LogP contribution in [0.4, 0.5) is 0 Å². The Morgan fingerprint density at radius 3 is 2.52 bits per heavy atom. The molecule has 0 fully saturated rings. The quantitative estimate of drug-likeness (QED) is 0.774. The van der Waals surface area contributed by atoms with Crippen LogP contribution in [0, 0.1) is 5.92 Å². The number of nitrogens with two attached hydrogens (primary N) is 1. The normalized spacial score (nSPS) is 12.7. The van der Waals surface area contributed by atoms with E-state index in [4.69, 9.17) is 17.3 Å². The van der Waals surface area contributed by atoms with Gasteiger partial charge in [-0.2, -0.15) is 0 Å². The Kier molecular flexibility index (Phi) is 7.72. The molecule has 1 unspecified atom stereocenters. The first-order valence-corrected chi connectivity index (χ1v) is 7.71. The lowest BCUT2D eigenvalue weighted by atomic mass is 10.0. The number of rotatable bonds is 8. The predicted molar refractivity (Wildman–Crippen MR) is 88.2 cm³/mol. The average molecular weight is 312 g/mol. The van der Waals surface area contributed by atoms with Crippen LogP contribution >= 0.6 is 11.6 Å². The van der Waals surface area contributed by atoms with Crippen LogP contribution in [-0.2, 0) is 11.3 Å². The first-order valence-electron chi connectivity index (χ1n) is 7.33. The molecule has 4 nitrogen and oxygen atoms in total. The fourth-order valence-corrected chi connectivity index (χ4v) is 2.01. The zero-order valence-corrected chi connectivity index (χ0v) is 13.9. The van der Waals surface area contributed by atoms with Crippen LogP contribution in [-0.4, -0.2) is 37.0 Å². The fourth-order valence-electron chi connectivity index (χ4n) is 1.89. The minimum Gasteiger partial charge on any atom is -0.351 e. The van der Waals surface area contributed by atoms with Gasteiger partial charge in [0.05, 0.1) is 6.54 Å². The summed E-state index contributed by atoms with van der Waals surface area (Å²) in [5.41, 5.74) is 7.04. The molecule has 118 valence electrons. The van der Waals surface area contributed by atoms with Gasteiger partial charge < -0.3 is 11.1 Å². The van der Waals surface area contributed by atoms with E-state index >= 15 is 0 Å². The van der Waals surface area contributed by atoms with E-state index in [2.05, 4.69) is 19.2 Å². The highest BCUT2D eigenvalue weighted by molar-refractivity contribution is 6.30. The summed E-state index contributed by atoms with van der Waals surface area (Å²) in [7, 11) is 1.94. The Morgan fingerprint density at radius 1 is 1.33 bits per heavy atom. The second-order valence-corrected chi connectivity index (χ2v) is 6.27. The molecule has 0 bridgehead atoms. The number of halogens is 1. The van der Waals surface area contributed by atoms with Crippen LogP contribution in [0.2, 0.25) is 5.02 Å². The van der Waals surface area contributed by atoms with Crippen LogP contribution in [0.15, 0.2) is 24.3 Å². The highest BCUT2D eigenvalue weighted by Crippen LogP contribution is 2.09. The van der Waals surface area contributed by atoms with E-state index < -0.39 is 0 Å². The Morgan fingerprint density at radius 2 is 1.95 bits per heavy atom. The van der Waals surface area contributed by atoms with Gasteiger partial charge in [-0.3, -0.25) is 9.69 Å². The highest BCUT2D eigenvalue weighted by Gasteiger charge is 2.11. The molecule has 0 aromatic heterocycles. The number of amides is 1. The summed E-state index contributed by atoms with van der Waals surface area (Å²) in [6, 6.07) is 7.65. The van der Waals surface area contributed by atoms with Gasteiger partial charge in [-0.25, -0.2) is 0 Å². The van der Waals surface area contributed by atoms with Gasteiger partial charge in [-0.15, -0.1) is 0 Å². The van der Waals surface area contributed by atoms with Crippen molar-refractivity contribution in [1.82, 2.24) is 10.2 Å². The summed E-state index contributed by atoms with van der Waals surface area (Å²) >= 11 is 5.82. The molecule has 1 amide bonds. The highest BCUT2D eigenvalue weighted by atomic mass is 35.5. The van der Waals surface area contributed by atoms with E-state index in [1.54, 1.807) is 0 Å². The van der Waals surface area contributed by atoms with Gasteiger partial charge in [0.1, 0.15) is 0 Å². The van der Waals surface area contributed by atoms with Gasteiger partial charge in [0, 0.05) is 17.6 Å². The van der Waals surface area contributed by atoms with Crippen molar-refractivity contribution in [1.29, 1.82) is 0 Å². The molecule has 21 heavy (non-hydrogen) atoms. The van der Waals surface area contributed by atoms with Crippen molar-refractivity contribution in [3.8, 4) is 0 Å². The maximum absolute atomic E-state index is 11.9. The molecule has 3 N–H and O–H groups in total. The fraction of sp³-hybridized carbons (Fsp3) is 0.562. The number of nitrogens with one attached hydrogen (secondary N) is 1. The summed E-state index contributed by atoms with van der Waals surface area (Å²) in [5, 5.41) is 3.61. The zero-order valence-electron chi connectivity index (χ0n) is 13.1. The zero-order chi connectivity index (χ0) is 15.8. The van der Waals surface area contributed by atoms with Crippen molar-refractivity contribution in [2.24, 2.45) is 11.7 Å². The van der Waals surface area contributed by atoms with Crippen molar-refractivity contribution in [2.45, 2.75) is 32.9 Å². The third-order valence-corrected chi connectivity index (χ3v) is 3.77. The van der Waals surface area contributed by atoms with Crippen molar-refractivity contribution in [3.05, 3.63) is 34.9 Å². The summed E-state index contributed by atoms with van der Waals surface area (Å²) in [4.78, 5) is 13.9. The predicted octanol–water partition coefficient (Wildman–Crippen LogP) is 2.26. The number of benzene rings is 1. The maximum Gasteiger partial charge on any atom is 0.234 e. The molecule has 0 spiro atoms. The molecule has 1 atom stereocenters. The second kappa shape index (κ2) is 9.03. The minimum atomic E-state index is 0.0190. The average Bonchev–Trinajstić information content (AvgIpc) is 2.44. The third kappa shape index (κ3) is 7.46. The number of carbonyl (C=O) groups is 1. The van der Waals surface area contributed by atoms with Gasteiger partial charge >= 0.3 is 0 Å². The van der Waals surface area contributed by atoms with Crippen molar-refractivity contribution >= 4 is 17.5 Å². The van der Waals surface area contributed by atoms with Crippen LogP contribution in [0.25, 0.3) is 0 Å². The topological polar surface area (TPSA) is 58.4 Å². The number of hydrogen-bond donors (Lipinski definition) is 2. The smallest absolute Gasteiger partial charge is 0.234 e. The monoisotopic (exact) mass is 311 g/mol. The van der Waals surface area contributed by atoms with E-state index in [9.17, 15) is 4.79 Å². The Bertz CT molecular complexity index is 434. The van der Waals surface area contributed by atoms with Crippen molar-refractivity contribution < 1.29 is 4.79 Å². The van der Waals surface area contributed by atoms with Crippen molar-refractivity contribution in [3.63, 3.8) is 0 Å². The molecule has 1 aromatic carbocycles. The molecule has 0 aliphatic carbocycles. The summed E-state index contributed by atoms with van der Waals surface area (Å²) < 4.78 is 0. The molecule has 0 radical (unpaired) electrons. The molecule has 0 aliphatic rings. The van der Waals surface area contributed by atoms with E-state index in [0.29, 0.717) is 24.0 Å². The lowest BCUT2D eigenvalue weighted by molar-refractivity contribution is -0.122. The molecule has 5 heteroatoms. The van der Waals surface area contributed by atoms with Crippen LogP contribution in [0.1, 0.15) is 25.8 Å². The number of likely N-dealkylation sites (N-methyl/N-ethyl adjacent to an activating group) is 1. The Hall–Kier alpha value is -1.10. The van der Waals surface area contributed by atoms with Crippen LogP contribution in [0.3, 0.4) is 0 Å². The van der Waals surface area contributed by atoms with E-state index in [1.165, 1.54) is 0 Å². The molecular weight excluding hydrogens is 286 g/mol. The molecule has 0 aliphatic heterocycles. The Labute approximate surface area is 132 Å². The SMILES string of the molecule is CC(C)C(N)CCN(C)CC(=O)NCc1ccc(Cl)cc1. The van der Waals surface area contributed by atoms with E-state index in [-0.39, 0.29) is 11.9 Å². The standard InChI is InChI=1S/C16H26ClN3O/c1-12(2)15(18)8-9-20(3)11-16(21)19-10-13-4-6-14(17)7-5-13/h4-7,12,15H,8-11,18H2,1-3H3,(H,19,21). The molecule has 0 heterocycles. The first-order chi connectivity index (χ1) is 9.88. The number of nitrogens with zero attached hydrogens (tertiary/aromatic N) is 1. The number of carbonyl (C=O) groups excluding carboxylic acids is 1. The van der Waals surface area contributed by atoms with Gasteiger partial charge in [-0.05, 0) is 43.6 Å². The summed E-state index contributed by atoms with van der Waals surface area (Å²) in [5.74, 6) is 0.489. The van der Waals surface area contributed by atoms with Crippen LogP contribution < -0.4 is 11.1 Å². The molecule has 1 rings (SSSR count). The lowest BCUT2D eigenvalue weighted by Crippen LogP contribution is -2.37. The molecule has 0 saturated heterocycles. The second-order valence-electron chi connectivity index (χ2n) is 5.84. The largest absolute Gasteiger partial charge is 0.351 e. The third-order valence-electron chi connectivity index (χ3n) is 3.52. The summed E-state index contributed by atoms with van der Waals surface area (Å²) in [6.45, 7) is 5.97. The van der Waals surface area contributed by atoms with Crippen molar-refractivity contribution in [2.75, 3.05) is 20.1 Å². The van der Waals surface area contributed by atoms with Gasteiger partial charge in [0.2, 0.25) is 5.91 Å². The molecule has 1 aromatic rings. The maximum atomic E-state index is 11.9. The van der Waals surface area contributed by atoms with Gasteiger partial charge in [-0.1, -0.05) is 37.6 Å². The minimum absolute atomic E-state index is 0.0190. The van der Waals surface area contributed by atoms with E-state index in [1.807, 2.05) is 36.2 Å². The van der Waals surface area contributed by atoms with E-state index in [0.717, 1.165) is 18.5 Å².